The van der Waals surface area contributed by atoms with E-state index < -0.39 is 17.7 Å². The van der Waals surface area contributed by atoms with Gasteiger partial charge in [-0.1, -0.05) is 11.6 Å². The number of hydrogen-bond donors (Lipinski definition) is 1. The molecule has 0 saturated heterocycles. The maximum absolute atomic E-state index is 12.4. The molecule has 0 spiro atoms. The van der Waals surface area contributed by atoms with Crippen molar-refractivity contribution in [1.82, 2.24) is 19.3 Å². The number of aromatic nitrogens is 4. The highest BCUT2D eigenvalue weighted by Gasteiger charge is 2.30. The Hall–Kier alpha value is -2.15. The maximum Gasteiger partial charge on any atom is 0.347 e. The van der Waals surface area contributed by atoms with Crippen molar-refractivity contribution >= 4 is 17.6 Å². The fraction of sp³-hybridized carbons (Fsp3) is 0.385. The summed E-state index contributed by atoms with van der Waals surface area (Å²) in [6.45, 7) is 0.243. The molecule has 7 nitrogen and oxygen atoms in total. The fourth-order valence-electron chi connectivity index (χ4n) is 2.58. The fourth-order valence-corrected chi connectivity index (χ4v) is 2.78. The van der Waals surface area contributed by atoms with Gasteiger partial charge in [0, 0.05) is 12.6 Å². The van der Waals surface area contributed by atoms with Crippen molar-refractivity contribution in [3.8, 4) is 0 Å². The van der Waals surface area contributed by atoms with E-state index in [4.69, 9.17) is 11.6 Å². The highest BCUT2D eigenvalue weighted by Crippen LogP contribution is 2.21. The lowest BCUT2D eigenvalue weighted by Crippen LogP contribution is -2.34. The van der Waals surface area contributed by atoms with Crippen LogP contribution in [-0.2, 0) is 17.8 Å². The van der Waals surface area contributed by atoms with Gasteiger partial charge >= 0.3 is 11.7 Å². The number of halogens is 1. The van der Waals surface area contributed by atoms with Crippen LogP contribution in [0.3, 0.4) is 0 Å². The number of carbonyl (C=O) groups is 1. The van der Waals surface area contributed by atoms with Gasteiger partial charge in [0.1, 0.15) is 17.0 Å². The van der Waals surface area contributed by atoms with Gasteiger partial charge in [-0.15, -0.1) is 0 Å². The van der Waals surface area contributed by atoms with E-state index in [2.05, 4.69) is 10.1 Å². The van der Waals surface area contributed by atoms with Crippen molar-refractivity contribution in [2.24, 2.45) is 0 Å². The molecule has 0 radical (unpaired) electrons. The van der Waals surface area contributed by atoms with Gasteiger partial charge in [-0.25, -0.2) is 19.3 Å². The number of rotatable bonds is 3. The Labute approximate surface area is 124 Å². The number of nitrogens with zero attached hydrogens (tertiary/aromatic N) is 4. The average molecular weight is 309 g/mol. The first-order chi connectivity index (χ1) is 10.1. The second-order valence-corrected chi connectivity index (χ2v) is 5.35. The van der Waals surface area contributed by atoms with Crippen molar-refractivity contribution in [3.63, 3.8) is 0 Å². The molecule has 3 rings (SSSR count). The van der Waals surface area contributed by atoms with Crippen LogP contribution in [0.4, 0.5) is 0 Å². The zero-order valence-corrected chi connectivity index (χ0v) is 11.8. The molecule has 0 saturated carbocycles. The minimum absolute atomic E-state index is 0.243. The smallest absolute Gasteiger partial charge is 0.347 e. The second-order valence-electron chi connectivity index (χ2n) is 4.96. The molecule has 0 bridgehead atoms. The lowest BCUT2D eigenvalue weighted by atomic mass is 10.1. The summed E-state index contributed by atoms with van der Waals surface area (Å²) in [7, 11) is 0. The molecule has 8 heteroatoms. The Morgan fingerprint density at radius 1 is 1.52 bits per heavy atom. The van der Waals surface area contributed by atoms with Crippen molar-refractivity contribution in [2.75, 3.05) is 0 Å². The molecular weight excluding hydrogens is 296 g/mol. The van der Waals surface area contributed by atoms with Gasteiger partial charge in [0.15, 0.2) is 0 Å². The van der Waals surface area contributed by atoms with Crippen LogP contribution >= 0.6 is 11.6 Å². The lowest BCUT2D eigenvalue weighted by molar-refractivity contribution is -0.141. The Balaban J connectivity index is 1.99. The summed E-state index contributed by atoms with van der Waals surface area (Å²) >= 11 is 5.81. The molecule has 2 aromatic heterocycles. The highest BCUT2D eigenvalue weighted by molar-refractivity contribution is 6.29. The first-order valence-corrected chi connectivity index (χ1v) is 6.95. The zero-order valence-electron chi connectivity index (χ0n) is 11.1. The normalized spacial score (nSPS) is 17.5. The monoisotopic (exact) mass is 308 g/mol. The van der Waals surface area contributed by atoms with Crippen molar-refractivity contribution in [2.45, 2.75) is 31.8 Å². The van der Waals surface area contributed by atoms with Crippen LogP contribution in [0.15, 0.2) is 23.1 Å². The minimum Gasteiger partial charge on any atom is -0.480 e. The van der Waals surface area contributed by atoms with E-state index in [-0.39, 0.29) is 6.54 Å². The third-order valence-electron chi connectivity index (χ3n) is 3.54. The number of pyridine rings is 1. The molecule has 3 heterocycles. The van der Waals surface area contributed by atoms with Crippen molar-refractivity contribution < 1.29 is 9.90 Å². The number of aryl methyl sites for hydroxylation is 1. The quantitative estimate of drug-likeness (QED) is 0.858. The first kappa shape index (κ1) is 13.8. The van der Waals surface area contributed by atoms with Gasteiger partial charge in [0.25, 0.3) is 0 Å². The largest absolute Gasteiger partial charge is 0.480 e. The van der Waals surface area contributed by atoms with Gasteiger partial charge in [-0.3, -0.25) is 4.57 Å². The van der Waals surface area contributed by atoms with Crippen LogP contribution in [-0.4, -0.2) is 30.4 Å². The standard InChI is InChI=1S/C13H13ClN4O3/c14-10-6-8(4-5-15-10)7-17-13(21)18-9(12(19)20)2-1-3-11(18)16-17/h4-6,9H,1-3,7H2,(H,19,20)/t9-/m1/s1. The third-order valence-corrected chi connectivity index (χ3v) is 3.75. The molecule has 1 N–H and O–H groups in total. The molecule has 0 aliphatic carbocycles. The van der Waals surface area contributed by atoms with Crippen LogP contribution in [0, 0.1) is 0 Å². The Morgan fingerprint density at radius 3 is 3.05 bits per heavy atom. The van der Waals surface area contributed by atoms with Crippen LogP contribution in [0.5, 0.6) is 0 Å². The zero-order chi connectivity index (χ0) is 15.0. The lowest BCUT2D eigenvalue weighted by Gasteiger charge is -2.19. The Bertz CT molecular complexity index is 752. The molecular formula is C13H13ClN4O3. The van der Waals surface area contributed by atoms with E-state index in [1.165, 1.54) is 9.25 Å². The molecule has 0 fully saturated rings. The van der Waals surface area contributed by atoms with E-state index in [0.29, 0.717) is 30.2 Å². The average Bonchev–Trinajstić information content (AvgIpc) is 2.75. The molecule has 2 aromatic rings. The van der Waals surface area contributed by atoms with E-state index in [1.807, 2.05) is 0 Å². The molecule has 1 aliphatic heterocycles. The summed E-state index contributed by atoms with van der Waals surface area (Å²) in [6, 6.07) is 2.57. The van der Waals surface area contributed by atoms with Gasteiger partial charge in [0.05, 0.1) is 6.54 Å². The van der Waals surface area contributed by atoms with E-state index in [9.17, 15) is 14.7 Å². The number of aliphatic carboxylic acids is 1. The first-order valence-electron chi connectivity index (χ1n) is 6.57. The second kappa shape index (κ2) is 5.33. The summed E-state index contributed by atoms with van der Waals surface area (Å²) in [6.07, 6.45) is 3.34. The van der Waals surface area contributed by atoms with Gasteiger partial charge in [0.2, 0.25) is 0 Å². The molecule has 110 valence electrons. The number of fused-ring (bicyclic) bond motifs is 1. The molecule has 21 heavy (non-hydrogen) atoms. The van der Waals surface area contributed by atoms with E-state index in [0.717, 1.165) is 5.56 Å². The summed E-state index contributed by atoms with van der Waals surface area (Å²) in [5.74, 6) is -0.469. The summed E-state index contributed by atoms with van der Waals surface area (Å²) in [4.78, 5) is 27.5. The Morgan fingerprint density at radius 2 is 2.33 bits per heavy atom. The minimum atomic E-state index is -0.996. The maximum atomic E-state index is 12.4. The summed E-state index contributed by atoms with van der Waals surface area (Å²) in [5.41, 5.74) is 0.393. The van der Waals surface area contributed by atoms with Crippen LogP contribution in [0.25, 0.3) is 0 Å². The molecule has 1 aliphatic rings. The van der Waals surface area contributed by atoms with Gasteiger partial charge in [-0.05, 0) is 30.5 Å². The highest BCUT2D eigenvalue weighted by atomic mass is 35.5. The van der Waals surface area contributed by atoms with Crippen molar-refractivity contribution in [1.29, 1.82) is 0 Å². The van der Waals surface area contributed by atoms with Gasteiger partial charge in [-0.2, -0.15) is 5.10 Å². The number of carboxylic acids is 1. The van der Waals surface area contributed by atoms with E-state index >= 15 is 0 Å². The summed E-state index contributed by atoms with van der Waals surface area (Å²) < 4.78 is 2.57. The van der Waals surface area contributed by atoms with Gasteiger partial charge < -0.3 is 5.11 Å². The molecule has 0 aromatic carbocycles. The predicted molar refractivity (Wildman–Crippen MR) is 74.4 cm³/mol. The molecule has 0 unspecified atom stereocenters. The van der Waals surface area contributed by atoms with E-state index in [1.54, 1.807) is 18.3 Å². The van der Waals surface area contributed by atoms with Crippen molar-refractivity contribution in [3.05, 3.63) is 45.4 Å². The van der Waals surface area contributed by atoms with Crippen LogP contribution in [0.2, 0.25) is 5.15 Å². The SMILES string of the molecule is O=C(O)[C@H]1CCCc2nn(Cc3ccnc(Cl)c3)c(=O)n21. The third kappa shape index (κ3) is 2.56. The molecule has 1 atom stereocenters. The van der Waals surface area contributed by atoms with Crippen LogP contribution < -0.4 is 5.69 Å². The number of hydrogen-bond acceptors (Lipinski definition) is 4. The Kier molecular flexibility index (Phi) is 3.50. The van der Waals surface area contributed by atoms with Crippen LogP contribution in [0.1, 0.15) is 30.3 Å². The topological polar surface area (TPSA) is 90.0 Å². The predicted octanol–water partition coefficient (Wildman–Crippen LogP) is 1.10. The molecule has 0 amide bonds. The number of carboxylic acid groups (broad SMARTS) is 1. The summed E-state index contributed by atoms with van der Waals surface area (Å²) in [5, 5.41) is 13.8.